The molecule has 0 unspecified atom stereocenters. The summed E-state index contributed by atoms with van der Waals surface area (Å²) in [4.78, 5) is 15.5. The van der Waals surface area contributed by atoms with Gasteiger partial charge in [0.05, 0.1) is 5.56 Å². The molecule has 0 saturated heterocycles. The molecule has 0 aliphatic rings. The summed E-state index contributed by atoms with van der Waals surface area (Å²) in [6.07, 6.45) is 3.16. The Balaban J connectivity index is 2.12. The molecule has 0 aliphatic carbocycles. The second-order valence-electron chi connectivity index (χ2n) is 3.44. The minimum absolute atomic E-state index is 0.355. The van der Waals surface area contributed by atoms with Gasteiger partial charge in [0.1, 0.15) is 5.75 Å². The monoisotopic (exact) mass is 213 g/mol. The van der Waals surface area contributed by atoms with E-state index in [0.29, 0.717) is 11.3 Å². The summed E-state index contributed by atoms with van der Waals surface area (Å²) in [5, 5.41) is 0. The van der Waals surface area contributed by atoms with Gasteiger partial charge in [0.15, 0.2) is 0 Å². The van der Waals surface area contributed by atoms with Gasteiger partial charge in [-0.3, -0.25) is 4.98 Å². The number of benzene rings is 1. The van der Waals surface area contributed by atoms with Gasteiger partial charge >= 0.3 is 5.97 Å². The molecule has 2 aromatic rings. The van der Waals surface area contributed by atoms with E-state index in [2.05, 4.69) is 4.98 Å². The Bertz CT molecular complexity index is 477. The average Bonchev–Trinajstić information content (AvgIpc) is 2.31. The Kier molecular flexibility index (Phi) is 2.96. The van der Waals surface area contributed by atoms with Crippen molar-refractivity contribution in [3.8, 4) is 5.75 Å². The fourth-order valence-electron chi connectivity index (χ4n) is 1.26. The second-order valence-corrected chi connectivity index (χ2v) is 3.44. The van der Waals surface area contributed by atoms with E-state index >= 15 is 0 Å². The summed E-state index contributed by atoms with van der Waals surface area (Å²) in [7, 11) is 0. The first-order valence-electron chi connectivity index (χ1n) is 4.94. The van der Waals surface area contributed by atoms with Crippen molar-refractivity contribution in [3.05, 3.63) is 59.9 Å². The first kappa shape index (κ1) is 10.4. The fraction of sp³-hybridized carbons (Fsp3) is 0.0769. The van der Waals surface area contributed by atoms with E-state index < -0.39 is 0 Å². The number of nitrogens with zero attached hydrogens (tertiary/aromatic N) is 1. The maximum atomic E-state index is 11.7. The maximum absolute atomic E-state index is 11.7. The molecule has 2 rings (SSSR count). The molecular weight excluding hydrogens is 202 g/mol. The molecule has 0 saturated carbocycles. The Morgan fingerprint density at radius 2 is 1.69 bits per heavy atom. The smallest absolute Gasteiger partial charge is 0.343 e. The van der Waals surface area contributed by atoms with E-state index in [1.807, 2.05) is 19.1 Å². The summed E-state index contributed by atoms with van der Waals surface area (Å²) < 4.78 is 5.16. The zero-order chi connectivity index (χ0) is 11.4. The van der Waals surface area contributed by atoms with Crippen molar-refractivity contribution < 1.29 is 9.53 Å². The van der Waals surface area contributed by atoms with Crippen LogP contribution in [0, 0.1) is 6.92 Å². The largest absolute Gasteiger partial charge is 0.423 e. The molecule has 0 bridgehead atoms. The van der Waals surface area contributed by atoms with Crippen molar-refractivity contribution in [1.29, 1.82) is 0 Å². The van der Waals surface area contributed by atoms with Gasteiger partial charge in [-0.15, -0.1) is 0 Å². The van der Waals surface area contributed by atoms with Gasteiger partial charge < -0.3 is 4.74 Å². The van der Waals surface area contributed by atoms with Gasteiger partial charge in [-0.05, 0) is 31.2 Å². The Morgan fingerprint density at radius 3 is 2.31 bits per heavy atom. The minimum atomic E-state index is -0.355. The molecule has 16 heavy (non-hydrogen) atoms. The van der Waals surface area contributed by atoms with Gasteiger partial charge in [-0.25, -0.2) is 4.79 Å². The molecule has 0 spiro atoms. The van der Waals surface area contributed by atoms with Crippen LogP contribution < -0.4 is 4.74 Å². The summed E-state index contributed by atoms with van der Waals surface area (Å²) in [6.45, 7) is 1.97. The molecule has 1 heterocycles. The predicted octanol–water partition coefficient (Wildman–Crippen LogP) is 2.61. The number of carbonyl (C=O) groups is 1. The number of ether oxygens (including phenoxy) is 1. The predicted molar refractivity (Wildman–Crippen MR) is 60.4 cm³/mol. The van der Waals surface area contributed by atoms with Crippen LogP contribution in [0.2, 0.25) is 0 Å². The number of carbonyl (C=O) groups excluding carboxylic acids is 1. The lowest BCUT2D eigenvalue weighted by Gasteiger charge is -2.03. The molecule has 1 aromatic carbocycles. The molecular formula is C13H11NO2. The van der Waals surface area contributed by atoms with Crippen molar-refractivity contribution in [2.45, 2.75) is 6.92 Å². The summed E-state index contributed by atoms with van der Waals surface area (Å²) in [6, 6.07) is 10.5. The highest BCUT2D eigenvalue weighted by Gasteiger charge is 2.07. The van der Waals surface area contributed by atoms with E-state index in [1.54, 1.807) is 36.7 Å². The molecule has 0 amide bonds. The van der Waals surface area contributed by atoms with Crippen LogP contribution in [0.4, 0.5) is 0 Å². The standard InChI is InChI=1S/C13H11NO2/c1-10-2-4-11(5-3-10)13(15)16-12-6-8-14-9-7-12/h2-9H,1H3. The maximum Gasteiger partial charge on any atom is 0.343 e. The van der Waals surface area contributed by atoms with Gasteiger partial charge in [0.2, 0.25) is 0 Å². The molecule has 0 radical (unpaired) electrons. The van der Waals surface area contributed by atoms with Gasteiger partial charge in [0, 0.05) is 12.4 Å². The third-order valence-electron chi connectivity index (χ3n) is 2.15. The quantitative estimate of drug-likeness (QED) is 0.720. The topological polar surface area (TPSA) is 39.2 Å². The number of aryl methyl sites for hydroxylation is 1. The molecule has 3 nitrogen and oxygen atoms in total. The number of aromatic nitrogens is 1. The second kappa shape index (κ2) is 4.57. The SMILES string of the molecule is Cc1ccc(C(=O)Oc2ccncc2)cc1. The van der Waals surface area contributed by atoms with Crippen molar-refractivity contribution in [2.75, 3.05) is 0 Å². The van der Waals surface area contributed by atoms with Crippen LogP contribution in [-0.4, -0.2) is 11.0 Å². The minimum Gasteiger partial charge on any atom is -0.423 e. The molecule has 80 valence electrons. The molecule has 1 aromatic heterocycles. The van der Waals surface area contributed by atoms with Crippen LogP contribution in [0.15, 0.2) is 48.8 Å². The van der Waals surface area contributed by atoms with Crippen LogP contribution >= 0.6 is 0 Å². The van der Waals surface area contributed by atoms with Gasteiger partial charge in [-0.1, -0.05) is 17.7 Å². The lowest BCUT2D eigenvalue weighted by atomic mass is 10.1. The molecule has 0 atom stereocenters. The zero-order valence-electron chi connectivity index (χ0n) is 8.88. The summed E-state index contributed by atoms with van der Waals surface area (Å²) >= 11 is 0. The molecule has 0 N–H and O–H groups in total. The van der Waals surface area contributed by atoms with Crippen LogP contribution in [-0.2, 0) is 0 Å². The van der Waals surface area contributed by atoms with Crippen LogP contribution in [0.25, 0.3) is 0 Å². The van der Waals surface area contributed by atoms with Crippen molar-refractivity contribution in [3.63, 3.8) is 0 Å². The number of esters is 1. The first-order valence-corrected chi connectivity index (χ1v) is 4.94. The normalized spacial score (nSPS) is 9.81. The van der Waals surface area contributed by atoms with E-state index in [1.165, 1.54) is 0 Å². The van der Waals surface area contributed by atoms with Crippen molar-refractivity contribution in [1.82, 2.24) is 4.98 Å². The zero-order valence-corrected chi connectivity index (χ0v) is 8.88. The van der Waals surface area contributed by atoms with Crippen molar-refractivity contribution >= 4 is 5.97 Å². The Morgan fingerprint density at radius 1 is 1.06 bits per heavy atom. The first-order chi connectivity index (χ1) is 7.75. The number of hydrogen-bond acceptors (Lipinski definition) is 3. The van der Waals surface area contributed by atoms with E-state index in [-0.39, 0.29) is 5.97 Å². The number of pyridine rings is 1. The highest BCUT2D eigenvalue weighted by molar-refractivity contribution is 5.91. The molecule has 3 heteroatoms. The lowest BCUT2D eigenvalue weighted by Crippen LogP contribution is -2.08. The van der Waals surface area contributed by atoms with Crippen LogP contribution in [0.5, 0.6) is 5.75 Å². The highest BCUT2D eigenvalue weighted by atomic mass is 16.5. The lowest BCUT2D eigenvalue weighted by molar-refractivity contribution is 0.0734. The fourth-order valence-corrected chi connectivity index (χ4v) is 1.26. The van der Waals surface area contributed by atoms with E-state index in [4.69, 9.17) is 4.74 Å². The average molecular weight is 213 g/mol. The third-order valence-corrected chi connectivity index (χ3v) is 2.15. The number of hydrogen-bond donors (Lipinski definition) is 0. The molecule has 0 aliphatic heterocycles. The number of rotatable bonds is 2. The third kappa shape index (κ3) is 2.45. The molecule has 0 fully saturated rings. The van der Waals surface area contributed by atoms with Gasteiger partial charge in [0.25, 0.3) is 0 Å². The summed E-state index contributed by atoms with van der Waals surface area (Å²) in [5.74, 6) is 0.145. The van der Waals surface area contributed by atoms with Crippen molar-refractivity contribution in [2.24, 2.45) is 0 Å². The Hall–Kier alpha value is -2.16. The Labute approximate surface area is 93.7 Å². The highest BCUT2D eigenvalue weighted by Crippen LogP contribution is 2.11. The summed E-state index contributed by atoms with van der Waals surface area (Å²) in [5.41, 5.74) is 1.66. The van der Waals surface area contributed by atoms with E-state index in [9.17, 15) is 4.79 Å². The van der Waals surface area contributed by atoms with Crippen LogP contribution in [0.1, 0.15) is 15.9 Å². The van der Waals surface area contributed by atoms with Gasteiger partial charge in [-0.2, -0.15) is 0 Å². The van der Waals surface area contributed by atoms with Crippen LogP contribution in [0.3, 0.4) is 0 Å². The van der Waals surface area contributed by atoms with E-state index in [0.717, 1.165) is 5.56 Å².